The molecule has 1 aromatic carbocycles. The fourth-order valence-corrected chi connectivity index (χ4v) is 4.92. The van der Waals surface area contributed by atoms with Crippen molar-refractivity contribution in [1.82, 2.24) is 24.5 Å². The molecule has 0 radical (unpaired) electrons. The quantitative estimate of drug-likeness (QED) is 0.125. The van der Waals surface area contributed by atoms with Crippen molar-refractivity contribution in [3.05, 3.63) is 80.9 Å². The summed E-state index contributed by atoms with van der Waals surface area (Å²) in [5, 5.41) is 57.9. The van der Waals surface area contributed by atoms with E-state index in [4.69, 9.17) is 29.8 Å². The Morgan fingerprint density at radius 1 is 1.04 bits per heavy atom. The van der Waals surface area contributed by atoms with E-state index in [1.54, 1.807) is 10.9 Å². The van der Waals surface area contributed by atoms with Crippen molar-refractivity contribution in [3.63, 3.8) is 0 Å². The second-order valence-corrected chi connectivity index (χ2v) is 10.6. The molecule has 0 amide bonds. The van der Waals surface area contributed by atoms with Crippen LogP contribution in [0.5, 0.6) is 0 Å². The third kappa shape index (κ3) is 8.67. The van der Waals surface area contributed by atoms with Crippen LogP contribution in [0.2, 0.25) is 0 Å². The van der Waals surface area contributed by atoms with Gasteiger partial charge >= 0.3 is 17.8 Å². The summed E-state index contributed by atoms with van der Waals surface area (Å²) in [5.41, 5.74) is 5.48. The topological polar surface area (TPSA) is 257 Å². The Morgan fingerprint density at radius 2 is 1.72 bits per heavy atom. The van der Waals surface area contributed by atoms with Crippen LogP contribution in [0.15, 0.2) is 58.4 Å². The molecule has 0 aliphatic carbocycles. The van der Waals surface area contributed by atoms with E-state index in [1.807, 2.05) is 30.3 Å². The number of halogens is 3. The van der Waals surface area contributed by atoms with Crippen LogP contribution in [0.3, 0.4) is 0 Å². The Balaban J connectivity index is 0.000000644. The molecule has 20 heteroatoms. The minimum absolute atomic E-state index is 0.0845. The van der Waals surface area contributed by atoms with E-state index in [-0.39, 0.29) is 12.2 Å². The highest BCUT2D eigenvalue weighted by molar-refractivity contribution is 5.73. The third-order valence-electron chi connectivity index (χ3n) is 7.32. The van der Waals surface area contributed by atoms with Gasteiger partial charge in [0.15, 0.2) is 12.5 Å². The summed E-state index contributed by atoms with van der Waals surface area (Å²) in [6, 6.07) is 11.0. The van der Waals surface area contributed by atoms with Crippen LogP contribution in [-0.4, -0.2) is 112 Å². The predicted octanol–water partition coefficient (Wildman–Crippen LogP) is -1.82. The number of ether oxygens (including phenoxy) is 3. The first-order valence-electron chi connectivity index (χ1n) is 14.2. The molecular weight excluding hydrogens is 641 g/mol. The fraction of sp³-hybridized carbons (Fsp3) is 0.519. The minimum atomic E-state index is -5.08. The Morgan fingerprint density at radius 3 is 2.32 bits per heavy atom. The monoisotopic (exact) mass is 674 g/mol. The molecule has 2 aliphatic heterocycles. The number of hydrogen-bond donors (Lipinski definition) is 7. The number of aliphatic hydroxyl groups is 4. The maximum absolute atomic E-state index is 12.3. The molecule has 3 aromatic rings. The molecule has 0 bridgehead atoms. The van der Waals surface area contributed by atoms with E-state index in [9.17, 15) is 43.2 Å². The van der Waals surface area contributed by atoms with Gasteiger partial charge < -0.3 is 45.5 Å². The third-order valence-corrected chi connectivity index (χ3v) is 7.32. The molecule has 9 atom stereocenters. The van der Waals surface area contributed by atoms with Crippen LogP contribution < -0.4 is 17.0 Å². The van der Waals surface area contributed by atoms with Gasteiger partial charge in [-0.3, -0.25) is 19.0 Å². The Kier molecular flexibility index (Phi) is 11.6. The molecule has 0 saturated carbocycles. The highest BCUT2D eigenvalue weighted by Crippen LogP contribution is 2.39. The lowest BCUT2D eigenvalue weighted by molar-refractivity contribution is -0.224. The van der Waals surface area contributed by atoms with Gasteiger partial charge in [0.1, 0.15) is 48.4 Å². The summed E-state index contributed by atoms with van der Waals surface area (Å²) in [5.74, 6) is -2.76. The number of aromatic nitrogens is 5. The van der Waals surface area contributed by atoms with E-state index in [2.05, 4.69) is 15.3 Å². The predicted molar refractivity (Wildman–Crippen MR) is 149 cm³/mol. The zero-order valence-electron chi connectivity index (χ0n) is 24.3. The SMILES string of the molecule is NC[C@H]1O[C@@H](O[C@@H](c2cn(CCCc3ccccc3)nn2)[C@H]2O[C@@H](n3ccc(=O)[nH]c3=O)[C@H](O)[C@@H]2O)[C@H](O)[C@@H]1O.O=C(O)C(F)(F)F. The smallest absolute Gasteiger partial charge is 0.475 e. The van der Waals surface area contributed by atoms with Gasteiger partial charge in [0.2, 0.25) is 0 Å². The van der Waals surface area contributed by atoms with Crippen molar-refractivity contribution in [2.24, 2.45) is 5.73 Å². The number of carbonyl (C=O) groups is 1. The molecule has 258 valence electrons. The molecule has 8 N–H and O–H groups in total. The van der Waals surface area contributed by atoms with E-state index in [1.165, 1.54) is 5.56 Å². The molecule has 2 aliphatic rings. The summed E-state index contributed by atoms with van der Waals surface area (Å²) >= 11 is 0. The Labute approximate surface area is 262 Å². The molecule has 2 saturated heterocycles. The number of nitrogens with one attached hydrogen (secondary N) is 1. The maximum Gasteiger partial charge on any atom is 0.490 e. The van der Waals surface area contributed by atoms with Crippen LogP contribution >= 0.6 is 0 Å². The second-order valence-electron chi connectivity index (χ2n) is 10.6. The lowest BCUT2D eigenvalue weighted by Gasteiger charge is -2.28. The van der Waals surface area contributed by atoms with Crippen LogP contribution in [0.25, 0.3) is 0 Å². The van der Waals surface area contributed by atoms with Gasteiger partial charge in [-0.05, 0) is 18.4 Å². The molecule has 0 unspecified atom stereocenters. The molecule has 4 heterocycles. The summed E-state index contributed by atoms with van der Waals surface area (Å²) < 4.78 is 51.7. The van der Waals surface area contributed by atoms with Gasteiger partial charge in [-0.2, -0.15) is 13.2 Å². The van der Waals surface area contributed by atoms with Crippen LogP contribution in [-0.2, 0) is 32.0 Å². The van der Waals surface area contributed by atoms with E-state index in [0.717, 1.165) is 29.7 Å². The Bertz CT molecular complexity index is 1590. The number of carboxylic acid groups (broad SMARTS) is 1. The molecule has 17 nitrogen and oxygen atoms in total. The van der Waals surface area contributed by atoms with E-state index < -0.39 is 78.6 Å². The highest BCUT2D eigenvalue weighted by atomic mass is 19.4. The molecule has 2 fully saturated rings. The van der Waals surface area contributed by atoms with Gasteiger partial charge in [0.25, 0.3) is 5.56 Å². The van der Waals surface area contributed by atoms with Gasteiger partial charge in [0, 0.05) is 25.4 Å². The Hall–Kier alpha value is -4.02. The lowest BCUT2D eigenvalue weighted by atomic mass is 10.0. The number of carboxylic acids is 1. The van der Waals surface area contributed by atoms with Crippen molar-refractivity contribution in [1.29, 1.82) is 0 Å². The summed E-state index contributed by atoms with van der Waals surface area (Å²) in [6.07, 6.45) is -13.0. The number of nitrogens with two attached hydrogens (primary N) is 1. The number of aromatic amines is 1. The number of aryl methyl sites for hydroxylation is 2. The van der Waals surface area contributed by atoms with Crippen molar-refractivity contribution >= 4 is 5.97 Å². The first kappa shape index (κ1) is 35.8. The standard InChI is InChI=1S/C25H32N6O9.C2HF3O2/c26-11-15-17(33)20(36)24(38-15)40-21(14-12-30(29-28-14)9-4-7-13-5-2-1-3-6-13)22-18(34)19(35)23(39-22)31-10-8-16(32)27-25(31)37;3-2(4,5)1(6)7/h1-3,5-6,8,10,12,15,17-24,33-36H,4,7,9,11,26H2,(H,27,32,37);(H,6,7)/t15-,17-,18+,19-,20-,21+,22+,23-,24+;/m1./s1. The van der Waals surface area contributed by atoms with Crippen LogP contribution in [0.4, 0.5) is 13.2 Å². The number of benzene rings is 1. The molecule has 2 aromatic heterocycles. The number of rotatable bonds is 10. The summed E-state index contributed by atoms with van der Waals surface area (Å²) in [4.78, 5) is 34.8. The second kappa shape index (κ2) is 15.3. The molecular formula is C27H33F3N6O11. The van der Waals surface area contributed by atoms with E-state index >= 15 is 0 Å². The average Bonchev–Trinajstić information content (AvgIpc) is 3.69. The van der Waals surface area contributed by atoms with Gasteiger partial charge in [-0.15, -0.1) is 5.10 Å². The highest BCUT2D eigenvalue weighted by Gasteiger charge is 2.52. The maximum atomic E-state index is 12.3. The van der Waals surface area contributed by atoms with Crippen molar-refractivity contribution in [2.45, 2.75) is 80.8 Å². The number of H-pyrrole nitrogens is 1. The molecule has 47 heavy (non-hydrogen) atoms. The van der Waals surface area contributed by atoms with Crippen molar-refractivity contribution in [3.8, 4) is 0 Å². The zero-order valence-corrected chi connectivity index (χ0v) is 24.3. The van der Waals surface area contributed by atoms with Crippen molar-refractivity contribution in [2.75, 3.05) is 6.54 Å². The van der Waals surface area contributed by atoms with Crippen molar-refractivity contribution < 1.29 is 57.7 Å². The number of aliphatic carboxylic acids is 1. The normalized spacial score (nSPS) is 28.1. The largest absolute Gasteiger partial charge is 0.490 e. The number of hydrogen-bond acceptors (Lipinski definition) is 13. The average molecular weight is 675 g/mol. The number of aliphatic hydroxyl groups excluding tert-OH is 4. The first-order chi connectivity index (χ1) is 22.2. The fourth-order valence-electron chi connectivity index (χ4n) is 4.92. The minimum Gasteiger partial charge on any atom is -0.475 e. The van der Waals surface area contributed by atoms with E-state index in [0.29, 0.717) is 6.54 Å². The molecule has 0 spiro atoms. The molecule has 5 rings (SSSR count). The summed E-state index contributed by atoms with van der Waals surface area (Å²) in [7, 11) is 0. The zero-order chi connectivity index (χ0) is 34.5. The number of alkyl halides is 3. The van der Waals surface area contributed by atoms with Crippen LogP contribution in [0, 0.1) is 0 Å². The van der Waals surface area contributed by atoms with Gasteiger partial charge in [-0.25, -0.2) is 9.59 Å². The lowest BCUT2D eigenvalue weighted by Crippen LogP contribution is -2.40. The number of nitrogens with zero attached hydrogens (tertiary/aromatic N) is 4. The van der Waals surface area contributed by atoms with Crippen LogP contribution in [0.1, 0.15) is 30.0 Å². The van der Waals surface area contributed by atoms with Gasteiger partial charge in [-0.1, -0.05) is 35.5 Å². The summed E-state index contributed by atoms with van der Waals surface area (Å²) in [6.45, 7) is 0.427. The first-order valence-corrected chi connectivity index (χ1v) is 14.2. The van der Waals surface area contributed by atoms with Gasteiger partial charge in [0.05, 0.1) is 6.20 Å².